The highest BCUT2D eigenvalue weighted by Crippen LogP contribution is 2.40. The number of benzene rings is 1. The lowest BCUT2D eigenvalue weighted by Gasteiger charge is -2.40. The summed E-state index contributed by atoms with van der Waals surface area (Å²) in [7, 11) is 0. The molecule has 1 aromatic carbocycles. The Hall–Kier alpha value is -1.02. The summed E-state index contributed by atoms with van der Waals surface area (Å²) < 4.78 is 5.18. The first kappa shape index (κ1) is 12.0. The maximum atomic E-state index is 9.29. The van der Waals surface area contributed by atoms with Gasteiger partial charge in [0.2, 0.25) is 0 Å². The van der Waals surface area contributed by atoms with Crippen LogP contribution in [0.25, 0.3) is 0 Å². The summed E-state index contributed by atoms with van der Waals surface area (Å²) in [4.78, 5) is 1.37. The van der Waals surface area contributed by atoms with E-state index in [4.69, 9.17) is 10.5 Å². The third-order valence-corrected chi connectivity index (χ3v) is 5.03. The van der Waals surface area contributed by atoms with Crippen LogP contribution in [0.15, 0.2) is 23.1 Å². The number of hydrogen-bond donors (Lipinski definition) is 1. The third kappa shape index (κ3) is 1.83. The number of hydrogen-bond acceptors (Lipinski definition) is 4. The molecule has 2 heterocycles. The summed E-state index contributed by atoms with van der Waals surface area (Å²) >= 11 is 1.91. The molecule has 0 radical (unpaired) electrons. The minimum Gasteiger partial charge on any atom is -0.378 e. The first-order valence-electron chi connectivity index (χ1n) is 6.25. The van der Waals surface area contributed by atoms with Gasteiger partial charge in [-0.1, -0.05) is 12.1 Å². The van der Waals surface area contributed by atoms with Crippen molar-refractivity contribution >= 4 is 11.8 Å². The van der Waals surface area contributed by atoms with Crippen molar-refractivity contribution in [3.8, 4) is 6.07 Å². The SMILES string of the molecule is N#CC1(C(N)c2ccc3c(c2)CCCS3)COC1. The summed E-state index contributed by atoms with van der Waals surface area (Å²) in [6.45, 7) is 0.910. The summed E-state index contributed by atoms with van der Waals surface area (Å²) in [6, 6.07) is 8.50. The monoisotopic (exact) mass is 260 g/mol. The molecule has 1 unspecified atom stereocenters. The van der Waals surface area contributed by atoms with Gasteiger partial charge in [-0.2, -0.15) is 5.26 Å². The van der Waals surface area contributed by atoms with Crippen LogP contribution >= 0.6 is 11.8 Å². The zero-order valence-corrected chi connectivity index (χ0v) is 11.0. The number of nitrogens with two attached hydrogens (primary N) is 1. The van der Waals surface area contributed by atoms with E-state index >= 15 is 0 Å². The highest BCUT2D eigenvalue weighted by molar-refractivity contribution is 7.99. The summed E-state index contributed by atoms with van der Waals surface area (Å²) in [5.41, 5.74) is 8.20. The lowest BCUT2D eigenvalue weighted by atomic mass is 9.76. The Kier molecular flexibility index (Phi) is 3.06. The van der Waals surface area contributed by atoms with E-state index in [-0.39, 0.29) is 6.04 Å². The van der Waals surface area contributed by atoms with Crippen molar-refractivity contribution < 1.29 is 4.74 Å². The predicted octanol–water partition coefficient (Wildman–Crippen LogP) is 2.26. The van der Waals surface area contributed by atoms with Crippen molar-refractivity contribution in [1.82, 2.24) is 0 Å². The second kappa shape index (κ2) is 4.58. The van der Waals surface area contributed by atoms with Crippen molar-refractivity contribution in [2.45, 2.75) is 23.8 Å². The lowest BCUT2D eigenvalue weighted by Crippen LogP contribution is -2.49. The fourth-order valence-electron chi connectivity index (χ4n) is 2.53. The van der Waals surface area contributed by atoms with Gasteiger partial charge in [0.05, 0.1) is 25.3 Å². The van der Waals surface area contributed by atoms with Gasteiger partial charge in [0, 0.05) is 4.90 Å². The van der Waals surface area contributed by atoms with Gasteiger partial charge in [0.15, 0.2) is 0 Å². The maximum absolute atomic E-state index is 9.29. The van der Waals surface area contributed by atoms with E-state index in [9.17, 15) is 5.26 Å². The number of thioether (sulfide) groups is 1. The fourth-order valence-corrected chi connectivity index (χ4v) is 3.55. The number of nitriles is 1. The largest absolute Gasteiger partial charge is 0.378 e. The van der Waals surface area contributed by atoms with E-state index in [1.807, 2.05) is 11.8 Å². The number of aryl methyl sites for hydroxylation is 1. The van der Waals surface area contributed by atoms with Crippen molar-refractivity contribution in [3.05, 3.63) is 29.3 Å². The van der Waals surface area contributed by atoms with E-state index in [0.717, 1.165) is 12.0 Å². The van der Waals surface area contributed by atoms with Crippen LogP contribution in [0.3, 0.4) is 0 Å². The third-order valence-electron chi connectivity index (χ3n) is 3.83. The number of rotatable bonds is 2. The molecule has 0 amide bonds. The maximum Gasteiger partial charge on any atom is 0.123 e. The van der Waals surface area contributed by atoms with E-state index in [2.05, 4.69) is 24.3 Å². The fraction of sp³-hybridized carbons (Fsp3) is 0.500. The predicted molar refractivity (Wildman–Crippen MR) is 71.3 cm³/mol. The smallest absolute Gasteiger partial charge is 0.123 e. The van der Waals surface area contributed by atoms with Crippen LogP contribution in [-0.2, 0) is 11.2 Å². The Bertz CT molecular complexity index is 505. The van der Waals surface area contributed by atoms with Crippen LogP contribution in [0.5, 0.6) is 0 Å². The van der Waals surface area contributed by atoms with Crippen LogP contribution in [0.1, 0.15) is 23.6 Å². The van der Waals surface area contributed by atoms with Gasteiger partial charge in [-0.25, -0.2) is 0 Å². The van der Waals surface area contributed by atoms with Crippen molar-refractivity contribution in [1.29, 1.82) is 5.26 Å². The number of ether oxygens (including phenoxy) is 1. The second-order valence-corrected chi connectivity index (χ2v) is 6.19. The molecule has 0 spiro atoms. The minimum absolute atomic E-state index is 0.242. The molecule has 4 heteroatoms. The molecular weight excluding hydrogens is 244 g/mol. The molecule has 0 saturated carbocycles. The van der Waals surface area contributed by atoms with Gasteiger partial charge in [-0.3, -0.25) is 0 Å². The first-order valence-corrected chi connectivity index (χ1v) is 7.24. The number of fused-ring (bicyclic) bond motifs is 1. The van der Waals surface area contributed by atoms with Gasteiger partial charge in [0.1, 0.15) is 5.41 Å². The molecule has 1 aromatic rings. The Labute approximate surface area is 111 Å². The molecule has 0 aromatic heterocycles. The molecule has 1 atom stereocenters. The van der Waals surface area contributed by atoms with E-state index in [0.29, 0.717) is 13.2 Å². The molecule has 3 rings (SSSR count). The van der Waals surface area contributed by atoms with Crippen LogP contribution in [-0.4, -0.2) is 19.0 Å². The van der Waals surface area contributed by atoms with Crippen LogP contribution in [0.4, 0.5) is 0 Å². The van der Waals surface area contributed by atoms with Crippen LogP contribution in [0, 0.1) is 16.7 Å². The normalized spacial score (nSPS) is 22.4. The molecule has 2 aliphatic rings. The van der Waals surface area contributed by atoms with Gasteiger partial charge < -0.3 is 10.5 Å². The highest BCUT2D eigenvalue weighted by Gasteiger charge is 2.45. The summed E-state index contributed by atoms with van der Waals surface area (Å²) in [5, 5.41) is 9.29. The van der Waals surface area contributed by atoms with Gasteiger partial charge in [0.25, 0.3) is 0 Å². The molecule has 18 heavy (non-hydrogen) atoms. The van der Waals surface area contributed by atoms with Gasteiger partial charge >= 0.3 is 0 Å². The minimum atomic E-state index is -0.518. The molecule has 0 aliphatic carbocycles. The summed E-state index contributed by atoms with van der Waals surface area (Å²) in [6.07, 6.45) is 2.35. The van der Waals surface area contributed by atoms with E-state index in [1.54, 1.807) is 0 Å². The molecule has 2 aliphatic heterocycles. The average Bonchev–Trinajstić information content (AvgIpc) is 2.37. The molecule has 3 nitrogen and oxygen atoms in total. The van der Waals surface area contributed by atoms with E-state index < -0.39 is 5.41 Å². The average molecular weight is 260 g/mol. The van der Waals surface area contributed by atoms with Crippen molar-refractivity contribution in [3.63, 3.8) is 0 Å². The Morgan fingerprint density at radius 2 is 2.28 bits per heavy atom. The molecule has 1 saturated heterocycles. The van der Waals surface area contributed by atoms with Crippen molar-refractivity contribution in [2.24, 2.45) is 11.1 Å². The highest BCUT2D eigenvalue weighted by atomic mass is 32.2. The number of nitrogens with zero attached hydrogens (tertiary/aromatic N) is 1. The Balaban J connectivity index is 1.90. The van der Waals surface area contributed by atoms with Gasteiger partial charge in [-0.15, -0.1) is 11.8 Å². The van der Waals surface area contributed by atoms with Gasteiger partial charge in [-0.05, 0) is 35.8 Å². The summed E-state index contributed by atoms with van der Waals surface area (Å²) in [5.74, 6) is 1.20. The molecule has 94 valence electrons. The van der Waals surface area contributed by atoms with Crippen LogP contribution < -0.4 is 5.73 Å². The standard InChI is InChI=1S/C14H16N2OS/c15-7-14(8-17-9-14)13(16)11-3-4-12-10(6-11)2-1-5-18-12/h3-4,6,13H,1-2,5,8-9,16H2. The Morgan fingerprint density at radius 1 is 1.44 bits per heavy atom. The zero-order valence-electron chi connectivity index (χ0n) is 10.2. The molecule has 2 N–H and O–H groups in total. The lowest BCUT2D eigenvalue weighted by molar-refractivity contribution is -0.0910. The van der Waals surface area contributed by atoms with Crippen LogP contribution in [0.2, 0.25) is 0 Å². The molecule has 1 fully saturated rings. The quantitative estimate of drug-likeness (QED) is 0.886. The first-order chi connectivity index (χ1) is 8.75. The Morgan fingerprint density at radius 3 is 2.94 bits per heavy atom. The molecule has 0 bridgehead atoms. The topological polar surface area (TPSA) is 59.0 Å². The molecular formula is C14H16N2OS. The van der Waals surface area contributed by atoms with Crippen molar-refractivity contribution in [2.75, 3.05) is 19.0 Å². The second-order valence-electron chi connectivity index (χ2n) is 5.06. The zero-order chi connectivity index (χ0) is 12.6. The van der Waals surface area contributed by atoms with E-state index in [1.165, 1.54) is 22.6 Å².